The van der Waals surface area contributed by atoms with E-state index < -0.39 is 175 Å². The fourth-order valence-electron chi connectivity index (χ4n) is 7.23. The molecule has 7 atom stereocenters. The largest absolute Gasteiger partial charge is 0.504 e. The van der Waals surface area contributed by atoms with Crippen LogP contribution in [-0.2, 0) is 33.3 Å². The third-order valence-electron chi connectivity index (χ3n) is 10.0. The van der Waals surface area contributed by atoms with E-state index >= 15 is 0 Å². The number of aliphatic hydroxyl groups excluding tert-OH is 1. The van der Waals surface area contributed by atoms with Gasteiger partial charge in [-0.1, -0.05) is 0 Å². The van der Waals surface area contributed by atoms with Crippen molar-refractivity contribution in [2.45, 2.75) is 48.2 Å². The second-order valence-electron chi connectivity index (χ2n) is 13.2. The van der Waals surface area contributed by atoms with E-state index in [0.717, 1.165) is 0 Å². The SMILES string of the molecule is O=C1OC2C3OC(=O)c4cc(O)c(O)c(O)c4-c4c(cc(O)c(O)c4O)C(=O)OCC(O3)C(OC(=O)c3cc(O)c(O)c4c3C3C1=CC(=O)C(O)(O)C3(O)O4)C2O. The van der Waals surface area contributed by atoms with Gasteiger partial charge in [0.25, 0.3) is 11.6 Å². The van der Waals surface area contributed by atoms with Gasteiger partial charge in [-0.15, -0.1) is 0 Å². The average molecular weight is 801 g/mol. The van der Waals surface area contributed by atoms with Crippen molar-refractivity contribution in [3.63, 3.8) is 0 Å². The van der Waals surface area contributed by atoms with E-state index in [1.165, 1.54) is 0 Å². The Morgan fingerprint density at radius 1 is 0.614 bits per heavy atom. The summed E-state index contributed by atoms with van der Waals surface area (Å²) in [6.07, 6.45) is -11.0. The lowest BCUT2D eigenvalue weighted by molar-refractivity contribution is -0.323. The maximum atomic E-state index is 14.0. The number of aromatic hydroxyl groups is 8. The number of carbonyl (C=O) groups excluding carboxylic acids is 5. The first-order valence-corrected chi connectivity index (χ1v) is 16.1. The van der Waals surface area contributed by atoms with Gasteiger partial charge < -0.3 is 89.7 Å². The molecule has 298 valence electrons. The van der Waals surface area contributed by atoms with Crippen LogP contribution in [0.25, 0.3) is 11.1 Å². The predicted molar refractivity (Wildman–Crippen MR) is 170 cm³/mol. The molecule has 12 N–H and O–H groups in total. The molecule has 5 aliphatic rings. The third kappa shape index (κ3) is 4.93. The van der Waals surface area contributed by atoms with Crippen LogP contribution in [-0.4, -0.2) is 140 Å². The first kappa shape index (κ1) is 36.9. The van der Waals surface area contributed by atoms with Crippen LogP contribution in [0.3, 0.4) is 0 Å². The summed E-state index contributed by atoms with van der Waals surface area (Å²) in [7, 11) is 0. The Labute approximate surface area is 313 Å². The molecular formula is C34H24O23. The Kier molecular flexibility index (Phi) is 7.75. The molecule has 23 nitrogen and oxygen atoms in total. The topological polar surface area (TPSA) is 383 Å². The lowest BCUT2D eigenvalue weighted by Gasteiger charge is -2.43. The second kappa shape index (κ2) is 12.0. The van der Waals surface area contributed by atoms with E-state index in [1.54, 1.807) is 0 Å². The molecule has 1 aliphatic carbocycles. The van der Waals surface area contributed by atoms with Crippen molar-refractivity contribution in [2.24, 2.45) is 0 Å². The zero-order valence-corrected chi connectivity index (χ0v) is 27.8. The number of aliphatic hydroxyl groups is 4. The Morgan fingerprint density at radius 2 is 1.14 bits per heavy atom. The number of cyclic esters (lactones) is 1. The summed E-state index contributed by atoms with van der Waals surface area (Å²) >= 11 is 0. The molecule has 4 bridgehead atoms. The van der Waals surface area contributed by atoms with Crippen molar-refractivity contribution >= 4 is 29.7 Å². The van der Waals surface area contributed by atoms with E-state index in [4.69, 9.17) is 28.4 Å². The summed E-state index contributed by atoms with van der Waals surface area (Å²) in [5, 5.41) is 129. The molecule has 3 aromatic rings. The Balaban J connectivity index is 1.33. The lowest BCUT2D eigenvalue weighted by atomic mass is 9.74. The van der Waals surface area contributed by atoms with E-state index in [9.17, 15) is 85.3 Å². The quantitative estimate of drug-likeness (QED) is 0.0502. The van der Waals surface area contributed by atoms with Crippen LogP contribution in [0, 0.1) is 0 Å². The Hall–Kier alpha value is -7.05. The molecule has 0 radical (unpaired) electrons. The molecule has 3 aromatic carbocycles. The Bertz CT molecular complexity index is 2430. The van der Waals surface area contributed by atoms with Gasteiger partial charge >= 0.3 is 23.9 Å². The molecule has 0 amide bonds. The number of esters is 4. The number of benzene rings is 3. The maximum Gasteiger partial charge on any atom is 0.341 e. The summed E-state index contributed by atoms with van der Waals surface area (Å²) in [6.45, 7) is -1.12. The molecule has 0 spiro atoms. The third-order valence-corrected chi connectivity index (χ3v) is 10.0. The zero-order valence-electron chi connectivity index (χ0n) is 27.8. The van der Waals surface area contributed by atoms with Crippen molar-refractivity contribution in [3.8, 4) is 62.9 Å². The van der Waals surface area contributed by atoms with Gasteiger partial charge in [-0.3, -0.25) is 4.79 Å². The van der Waals surface area contributed by atoms with Gasteiger partial charge in [-0.2, -0.15) is 0 Å². The van der Waals surface area contributed by atoms with Gasteiger partial charge in [0.2, 0.25) is 29.3 Å². The van der Waals surface area contributed by atoms with Crippen molar-refractivity contribution < 1.29 is 114 Å². The van der Waals surface area contributed by atoms with Gasteiger partial charge in [0, 0.05) is 16.7 Å². The molecule has 1 fully saturated rings. The first-order chi connectivity index (χ1) is 26.7. The van der Waals surface area contributed by atoms with Crippen LogP contribution >= 0.6 is 0 Å². The summed E-state index contributed by atoms with van der Waals surface area (Å²) in [5.74, 6) is -29.5. The molecule has 23 heteroatoms. The molecule has 1 saturated heterocycles. The van der Waals surface area contributed by atoms with Crippen LogP contribution in [0.4, 0.5) is 0 Å². The number of carbonyl (C=O) groups is 5. The number of ether oxygens (including phenoxy) is 6. The molecule has 57 heavy (non-hydrogen) atoms. The van der Waals surface area contributed by atoms with Gasteiger partial charge in [-0.05, 0) is 24.3 Å². The van der Waals surface area contributed by atoms with E-state index in [1.807, 2.05) is 0 Å². The second-order valence-corrected chi connectivity index (χ2v) is 13.2. The standard InChI is InChI=1S/C34H24O23/c35-10-1-6-15(22(42)19(10)39)16-7(2-11(36)20(40)23(16)43)30(47)56-32-27-24(44)25(13(53-32)5-52-28(6)45)54-29(46)8-3-12(37)21(41)26-17(8)18-9(31(48)55-27)4-14(38)33(49,50)34(18,51)57-26/h1-4,13,18,24-25,27,32,35-37,39-44,49-51H,5H2. The minimum Gasteiger partial charge on any atom is -0.504 e. The highest BCUT2D eigenvalue weighted by Crippen LogP contribution is 2.60. The minimum absolute atomic E-state index is 0.255. The van der Waals surface area contributed by atoms with Crippen molar-refractivity contribution in [3.05, 3.63) is 52.1 Å². The highest BCUT2D eigenvalue weighted by atomic mass is 16.7. The summed E-state index contributed by atoms with van der Waals surface area (Å²) in [4.78, 5) is 68.5. The first-order valence-electron chi connectivity index (χ1n) is 16.1. The van der Waals surface area contributed by atoms with Gasteiger partial charge in [-0.25, -0.2) is 19.2 Å². The number of phenolic OH excluding ortho intramolecular Hbond substituents is 8. The van der Waals surface area contributed by atoms with Crippen LogP contribution in [0.15, 0.2) is 29.8 Å². The van der Waals surface area contributed by atoms with Crippen LogP contribution in [0.1, 0.15) is 42.6 Å². The fourth-order valence-corrected chi connectivity index (χ4v) is 7.23. The zero-order chi connectivity index (χ0) is 41.4. The Morgan fingerprint density at radius 3 is 1.75 bits per heavy atom. The maximum absolute atomic E-state index is 14.0. The predicted octanol–water partition coefficient (Wildman–Crippen LogP) is -2.08. The highest BCUT2D eigenvalue weighted by Gasteiger charge is 2.70. The van der Waals surface area contributed by atoms with Crippen LogP contribution in [0.5, 0.6) is 51.7 Å². The van der Waals surface area contributed by atoms with E-state index in [-0.39, 0.29) is 6.08 Å². The molecule has 0 saturated carbocycles. The molecular weight excluding hydrogens is 776 g/mol. The average Bonchev–Trinajstić information content (AvgIpc) is 3.48. The highest BCUT2D eigenvalue weighted by molar-refractivity contribution is 6.09. The van der Waals surface area contributed by atoms with Crippen molar-refractivity contribution in [1.29, 1.82) is 0 Å². The molecule has 8 rings (SSSR count). The van der Waals surface area contributed by atoms with Gasteiger partial charge in [0.1, 0.15) is 18.8 Å². The number of rotatable bonds is 0. The summed E-state index contributed by atoms with van der Waals surface area (Å²) < 4.78 is 32.5. The van der Waals surface area contributed by atoms with E-state index in [0.29, 0.717) is 18.2 Å². The molecule has 7 unspecified atom stereocenters. The summed E-state index contributed by atoms with van der Waals surface area (Å²) in [5.41, 5.74) is -6.67. The van der Waals surface area contributed by atoms with Gasteiger partial charge in [0.05, 0.1) is 28.2 Å². The molecule has 4 heterocycles. The van der Waals surface area contributed by atoms with E-state index in [2.05, 4.69) is 0 Å². The van der Waals surface area contributed by atoms with Crippen LogP contribution < -0.4 is 4.74 Å². The fraction of sp³-hybridized carbons (Fsp3) is 0.265. The minimum atomic E-state index is -3.92. The summed E-state index contributed by atoms with van der Waals surface area (Å²) in [6, 6.07) is 1.48. The van der Waals surface area contributed by atoms with Gasteiger partial charge in [0.15, 0.2) is 46.7 Å². The van der Waals surface area contributed by atoms with Crippen LogP contribution in [0.2, 0.25) is 0 Å². The lowest BCUT2D eigenvalue weighted by Crippen LogP contribution is -2.66. The normalized spacial score (nSPS) is 28.6. The number of fused-ring (bicyclic) bond motifs is 9. The number of phenols is 8. The number of hydrogen-bond donors (Lipinski definition) is 12. The monoisotopic (exact) mass is 800 g/mol. The number of ketones is 1. The van der Waals surface area contributed by atoms with Crippen molar-refractivity contribution in [1.82, 2.24) is 0 Å². The molecule has 0 aromatic heterocycles. The van der Waals surface area contributed by atoms with Crippen molar-refractivity contribution in [2.75, 3.05) is 6.61 Å². The molecule has 4 aliphatic heterocycles. The number of hydrogen-bond acceptors (Lipinski definition) is 23. The smallest absolute Gasteiger partial charge is 0.341 e.